The second-order valence-corrected chi connectivity index (χ2v) is 6.91. The molecule has 0 aliphatic carbocycles. The quantitative estimate of drug-likeness (QED) is 0.859. The summed E-state index contributed by atoms with van der Waals surface area (Å²) < 4.78 is 39.8. The van der Waals surface area contributed by atoms with Crippen molar-refractivity contribution in [3.8, 4) is 0 Å². The van der Waals surface area contributed by atoms with Gasteiger partial charge in [0.1, 0.15) is 5.82 Å². The lowest BCUT2D eigenvalue weighted by Crippen LogP contribution is -2.28. The molecule has 0 aromatic heterocycles. The van der Waals surface area contributed by atoms with Crippen LogP contribution in [-0.4, -0.2) is 20.2 Å². The van der Waals surface area contributed by atoms with E-state index in [1.807, 2.05) is 0 Å². The number of amides is 2. The molecule has 8 heteroatoms. The van der Waals surface area contributed by atoms with Gasteiger partial charge >= 0.3 is 0 Å². The molecule has 2 aromatic rings. The van der Waals surface area contributed by atoms with Crippen molar-refractivity contribution in [1.29, 1.82) is 0 Å². The fourth-order valence-electron chi connectivity index (χ4n) is 2.37. The molecule has 2 amide bonds. The van der Waals surface area contributed by atoms with Crippen LogP contribution in [0.4, 0.5) is 15.8 Å². The van der Waals surface area contributed by atoms with Gasteiger partial charge in [0.2, 0.25) is 11.8 Å². The summed E-state index contributed by atoms with van der Waals surface area (Å²) >= 11 is 0. The fraction of sp³-hybridized carbons (Fsp3) is 0.125. The minimum Gasteiger partial charge on any atom is -0.280 e. The molecule has 24 heavy (non-hydrogen) atoms. The third kappa shape index (κ3) is 3.13. The molecule has 1 aliphatic rings. The van der Waals surface area contributed by atoms with Gasteiger partial charge in [0, 0.05) is 18.5 Å². The van der Waals surface area contributed by atoms with Crippen LogP contribution in [0.5, 0.6) is 0 Å². The molecule has 124 valence electrons. The zero-order valence-corrected chi connectivity index (χ0v) is 13.2. The molecular formula is C16H13FN2O4S. The Hall–Kier alpha value is -2.74. The van der Waals surface area contributed by atoms with Crippen molar-refractivity contribution in [1.82, 2.24) is 0 Å². The Morgan fingerprint density at radius 1 is 0.875 bits per heavy atom. The molecule has 6 nitrogen and oxygen atoms in total. The smallest absolute Gasteiger partial charge is 0.261 e. The van der Waals surface area contributed by atoms with E-state index < -0.39 is 15.8 Å². The Labute approximate surface area is 138 Å². The Morgan fingerprint density at radius 3 is 1.96 bits per heavy atom. The van der Waals surface area contributed by atoms with E-state index in [2.05, 4.69) is 4.72 Å². The third-order valence-corrected chi connectivity index (χ3v) is 4.95. The summed E-state index contributed by atoms with van der Waals surface area (Å²) in [5.41, 5.74) is 0.564. The van der Waals surface area contributed by atoms with Gasteiger partial charge in [-0.05, 0) is 48.5 Å². The molecular weight excluding hydrogens is 335 g/mol. The number of carbonyl (C=O) groups is 2. The Bertz CT molecular complexity index is 877. The van der Waals surface area contributed by atoms with Crippen LogP contribution in [0.25, 0.3) is 0 Å². The van der Waals surface area contributed by atoms with Crippen molar-refractivity contribution < 1.29 is 22.4 Å². The molecule has 1 N–H and O–H groups in total. The molecule has 2 aromatic carbocycles. The van der Waals surface area contributed by atoms with Gasteiger partial charge in [-0.3, -0.25) is 19.2 Å². The summed E-state index contributed by atoms with van der Waals surface area (Å²) in [7, 11) is -3.85. The van der Waals surface area contributed by atoms with Gasteiger partial charge in [-0.2, -0.15) is 0 Å². The van der Waals surface area contributed by atoms with Crippen LogP contribution < -0.4 is 9.62 Å². The number of halogens is 1. The number of hydrogen-bond donors (Lipinski definition) is 1. The van der Waals surface area contributed by atoms with Crippen LogP contribution in [-0.2, 0) is 19.6 Å². The molecule has 0 radical (unpaired) electrons. The van der Waals surface area contributed by atoms with Gasteiger partial charge in [-0.25, -0.2) is 12.8 Å². The monoisotopic (exact) mass is 348 g/mol. The number of rotatable bonds is 4. The minimum atomic E-state index is -3.85. The van der Waals surface area contributed by atoms with Gasteiger partial charge < -0.3 is 0 Å². The largest absolute Gasteiger partial charge is 0.280 e. The first-order chi connectivity index (χ1) is 11.4. The normalized spacial score (nSPS) is 15.0. The maximum absolute atomic E-state index is 12.9. The average molecular weight is 348 g/mol. The SMILES string of the molecule is O=C1CCC(=O)N1c1ccc(S(=O)(=O)Nc2ccc(F)cc2)cc1. The molecule has 0 atom stereocenters. The van der Waals surface area contributed by atoms with Gasteiger partial charge in [0.05, 0.1) is 10.6 Å². The van der Waals surface area contributed by atoms with Crippen molar-refractivity contribution >= 4 is 33.2 Å². The first-order valence-corrected chi connectivity index (χ1v) is 8.59. The number of imide groups is 1. The summed E-state index contributed by atoms with van der Waals surface area (Å²) in [5, 5.41) is 0. The highest BCUT2D eigenvalue weighted by Crippen LogP contribution is 2.24. The second kappa shape index (κ2) is 6.04. The van der Waals surface area contributed by atoms with Gasteiger partial charge in [0.25, 0.3) is 10.0 Å². The van der Waals surface area contributed by atoms with Crippen molar-refractivity contribution in [3.05, 3.63) is 54.3 Å². The molecule has 1 aliphatic heterocycles. The number of sulfonamides is 1. The van der Waals surface area contributed by atoms with E-state index in [0.29, 0.717) is 5.69 Å². The number of benzene rings is 2. The van der Waals surface area contributed by atoms with E-state index >= 15 is 0 Å². The first kappa shape index (κ1) is 16.1. The van der Waals surface area contributed by atoms with E-state index in [9.17, 15) is 22.4 Å². The highest BCUT2D eigenvalue weighted by molar-refractivity contribution is 7.92. The predicted octanol–water partition coefficient (Wildman–Crippen LogP) is 2.28. The van der Waals surface area contributed by atoms with Crippen LogP contribution in [0.2, 0.25) is 0 Å². The van der Waals surface area contributed by atoms with Crippen molar-refractivity contribution in [2.45, 2.75) is 17.7 Å². The zero-order chi connectivity index (χ0) is 17.3. The van der Waals surface area contributed by atoms with Gasteiger partial charge in [-0.1, -0.05) is 0 Å². The molecule has 0 unspecified atom stereocenters. The molecule has 1 saturated heterocycles. The highest BCUT2D eigenvalue weighted by Gasteiger charge is 2.30. The Kier molecular flexibility index (Phi) is 4.06. The van der Waals surface area contributed by atoms with Gasteiger partial charge in [0.15, 0.2) is 0 Å². The standard InChI is InChI=1S/C16H13FN2O4S/c17-11-1-3-12(4-2-11)18-24(22,23)14-7-5-13(6-8-14)19-15(20)9-10-16(19)21/h1-8,18H,9-10H2. The number of nitrogens with zero attached hydrogens (tertiary/aromatic N) is 1. The lowest BCUT2D eigenvalue weighted by molar-refractivity contribution is -0.121. The minimum absolute atomic E-state index is 0.0327. The summed E-state index contributed by atoms with van der Waals surface area (Å²) in [6, 6.07) is 10.3. The molecule has 0 spiro atoms. The van der Waals surface area contributed by atoms with Crippen LogP contribution in [0.1, 0.15) is 12.8 Å². The van der Waals surface area contributed by atoms with Crippen LogP contribution in [0.15, 0.2) is 53.4 Å². The van der Waals surface area contributed by atoms with E-state index in [-0.39, 0.29) is 35.2 Å². The number of hydrogen-bond acceptors (Lipinski definition) is 4. The second-order valence-electron chi connectivity index (χ2n) is 5.23. The van der Waals surface area contributed by atoms with Crippen molar-refractivity contribution in [2.75, 3.05) is 9.62 Å². The third-order valence-electron chi connectivity index (χ3n) is 3.55. The Balaban J connectivity index is 1.83. The maximum Gasteiger partial charge on any atom is 0.261 e. The molecule has 0 saturated carbocycles. The van der Waals surface area contributed by atoms with E-state index in [1.165, 1.54) is 36.4 Å². The van der Waals surface area contributed by atoms with Crippen LogP contribution in [0, 0.1) is 5.82 Å². The average Bonchev–Trinajstić information content (AvgIpc) is 2.88. The van der Waals surface area contributed by atoms with E-state index in [1.54, 1.807) is 0 Å². The van der Waals surface area contributed by atoms with E-state index in [4.69, 9.17) is 0 Å². The lowest BCUT2D eigenvalue weighted by atomic mass is 10.3. The first-order valence-electron chi connectivity index (χ1n) is 7.11. The lowest BCUT2D eigenvalue weighted by Gasteiger charge is -2.14. The molecule has 1 heterocycles. The summed E-state index contributed by atoms with van der Waals surface area (Å²) in [6.07, 6.45) is 0.315. The Morgan fingerprint density at radius 2 is 1.42 bits per heavy atom. The summed E-state index contributed by atoms with van der Waals surface area (Å²) in [5.74, 6) is -1.08. The molecule has 3 rings (SSSR count). The molecule has 0 bridgehead atoms. The summed E-state index contributed by atoms with van der Waals surface area (Å²) in [6.45, 7) is 0. The zero-order valence-electron chi connectivity index (χ0n) is 12.4. The van der Waals surface area contributed by atoms with Crippen molar-refractivity contribution in [2.24, 2.45) is 0 Å². The van der Waals surface area contributed by atoms with Crippen LogP contribution in [0.3, 0.4) is 0 Å². The summed E-state index contributed by atoms with van der Waals surface area (Å²) in [4.78, 5) is 24.4. The topological polar surface area (TPSA) is 83.6 Å². The van der Waals surface area contributed by atoms with E-state index in [0.717, 1.165) is 17.0 Å². The number of nitrogens with one attached hydrogen (secondary N) is 1. The number of anilines is 2. The number of carbonyl (C=O) groups excluding carboxylic acids is 2. The van der Waals surface area contributed by atoms with Crippen LogP contribution >= 0.6 is 0 Å². The van der Waals surface area contributed by atoms with Gasteiger partial charge in [-0.15, -0.1) is 0 Å². The van der Waals surface area contributed by atoms with Crippen molar-refractivity contribution in [3.63, 3.8) is 0 Å². The molecule has 1 fully saturated rings. The predicted molar refractivity (Wildman–Crippen MR) is 85.4 cm³/mol. The maximum atomic E-state index is 12.9. The fourth-order valence-corrected chi connectivity index (χ4v) is 3.43. The highest BCUT2D eigenvalue weighted by atomic mass is 32.2.